The van der Waals surface area contributed by atoms with Gasteiger partial charge in [-0.2, -0.15) is 10.5 Å². The van der Waals surface area contributed by atoms with Crippen molar-refractivity contribution in [2.24, 2.45) is 5.92 Å². The minimum Gasteiger partial charge on any atom is -0.491 e. The number of benzene rings is 1. The number of nitrogens with zero attached hydrogens (tertiary/aromatic N) is 3. The van der Waals surface area contributed by atoms with Crippen molar-refractivity contribution in [2.75, 3.05) is 26.2 Å². The molecule has 1 unspecified atom stereocenters. The minimum absolute atomic E-state index is 0.188. The van der Waals surface area contributed by atoms with Crippen molar-refractivity contribution in [2.45, 2.75) is 26.4 Å². The highest BCUT2D eigenvalue weighted by Crippen LogP contribution is 2.12. The van der Waals surface area contributed by atoms with E-state index < -0.39 is 6.10 Å². The molecule has 0 aliphatic heterocycles. The zero-order valence-electron chi connectivity index (χ0n) is 13.2. The van der Waals surface area contributed by atoms with Crippen LogP contribution in [-0.4, -0.2) is 42.4 Å². The van der Waals surface area contributed by atoms with Gasteiger partial charge in [-0.1, -0.05) is 13.8 Å². The Hall–Kier alpha value is -2.08. The highest BCUT2D eigenvalue weighted by Gasteiger charge is 2.13. The van der Waals surface area contributed by atoms with E-state index in [-0.39, 0.29) is 6.61 Å². The molecule has 0 aliphatic rings. The van der Waals surface area contributed by atoms with E-state index in [9.17, 15) is 5.11 Å². The lowest BCUT2D eigenvalue weighted by Crippen LogP contribution is -2.38. The van der Waals surface area contributed by atoms with Crippen LogP contribution in [0.2, 0.25) is 0 Å². The summed E-state index contributed by atoms with van der Waals surface area (Å²) in [5, 5.41) is 27.5. The molecule has 0 aliphatic carbocycles. The molecule has 0 heterocycles. The highest BCUT2D eigenvalue weighted by atomic mass is 16.5. The van der Waals surface area contributed by atoms with E-state index in [1.54, 1.807) is 24.3 Å². The first-order chi connectivity index (χ1) is 10.5. The summed E-state index contributed by atoms with van der Waals surface area (Å²) in [6.07, 6.45) is -0.163. The summed E-state index contributed by atoms with van der Waals surface area (Å²) in [5.74, 6) is 1.11. The third-order valence-electron chi connectivity index (χ3n) is 3.06. The molecular formula is C17H23N3O2. The van der Waals surface area contributed by atoms with Crippen molar-refractivity contribution in [1.29, 1.82) is 10.5 Å². The first-order valence-electron chi connectivity index (χ1n) is 7.45. The van der Waals surface area contributed by atoms with E-state index >= 15 is 0 Å². The monoisotopic (exact) mass is 301 g/mol. The van der Waals surface area contributed by atoms with Gasteiger partial charge in [-0.3, -0.25) is 4.90 Å². The van der Waals surface area contributed by atoms with Crippen molar-refractivity contribution in [3.8, 4) is 17.9 Å². The molecule has 22 heavy (non-hydrogen) atoms. The fraction of sp³-hybridized carbons (Fsp3) is 0.529. The Balaban J connectivity index is 2.43. The number of aliphatic hydroxyl groups is 1. The maximum absolute atomic E-state index is 10.1. The van der Waals surface area contributed by atoms with Gasteiger partial charge in [0.25, 0.3) is 0 Å². The van der Waals surface area contributed by atoms with Gasteiger partial charge in [-0.15, -0.1) is 0 Å². The Kier molecular flexibility index (Phi) is 7.99. The summed E-state index contributed by atoms with van der Waals surface area (Å²) >= 11 is 0. The van der Waals surface area contributed by atoms with E-state index in [0.29, 0.717) is 36.7 Å². The molecule has 5 nitrogen and oxygen atoms in total. The molecule has 0 spiro atoms. The third-order valence-corrected chi connectivity index (χ3v) is 3.06. The van der Waals surface area contributed by atoms with Gasteiger partial charge in [0.15, 0.2) is 0 Å². The van der Waals surface area contributed by atoms with E-state index in [2.05, 4.69) is 24.8 Å². The van der Waals surface area contributed by atoms with Gasteiger partial charge in [-0.25, -0.2) is 0 Å². The molecule has 0 bridgehead atoms. The van der Waals surface area contributed by atoms with Crippen LogP contribution >= 0.6 is 0 Å². The molecule has 0 aromatic heterocycles. The molecule has 0 radical (unpaired) electrons. The highest BCUT2D eigenvalue weighted by molar-refractivity contribution is 5.34. The number of nitriles is 2. The van der Waals surface area contributed by atoms with Crippen LogP contribution in [0.5, 0.6) is 5.75 Å². The molecule has 5 heteroatoms. The average Bonchev–Trinajstić information content (AvgIpc) is 2.50. The van der Waals surface area contributed by atoms with Crippen LogP contribution in [-0.2, 0) is 0 Å². The lowest BCUT2D eigenvalue weighted by molar-refractivity contribution is 0.0650. The summed E-state index contributed by atoms with van der Waals surface area (Å²) in [4.78, 5) is 2.08. The van der Waals surface area contributed by atoms with Gasteiger partial charge in [0.05, 0.1) is 17.7 Å². The fourth-order valence-electron chi connectivity index (χ4n) is 2.15. The standard InChI is InChI=1S/C17H23N3O2/c1-14(2)11-20(9-3-8-18)12-16(21)13-22-17-6-4-15(10-19)5-7-17/h4-7,14,16,21H,3,9,11-13H2,1-2H3. The number of rotatable bonds is 9. The normalized spacial score (nSPS) is 12.0. The van der Waals surface area contributed by atoms with Gasteiger partial charge in [0.2, 0.25) is 0 Å². The zero-order valence-corrected chi connectivity index (χ0v) is 13.2. The zero-order chi connectivity index (χ0) is 16.4. The largest absolute Gasteiger partial charge is 0.491 e. The SMILES string of the molecule is CC(C)CN(CCC#N)CC(O)COc1ccc(C#N)cc1. The summed E-state index contributed by atoms with van der Waals surface area (Å²) in [5.41, 5.74) is 0.576. The van der Waals surface area contributed by atoms with Crippen molar-refractivity contribution >= 4 is 0 Å². The van der Waals surface area contributed by atoms with E-state index in [4.69, 9.17) is 15.3 Å². The average molecular weight is 301 g/mol. The maximum Gasteiger partial charge on any atom is 0.119 e. The Bertz CT molecular complexity index is 514. The Labute approximate surface area is 132 Å². The smallest absolute Gasteiger partial charge is 0.119 e. The molecule has 0 amide bonds. The topological polar surface area (TPSA) is 80.3 Å². The van der Waals surface area contributed by atoms with E-state index in [0.717, 1.165) is 6.54 Å². The van der Waals surface area contributed by atoms with Crippen molar-refractivity contribution < 1.29 is 9.84 Å². The van der Waals surface area contributed by atoms with Gasteiger partial charge in [0, 0.05) is 26.1 Å². The fourth-order valence-corrected chi connectivity index (χ4v) is 2.15. The molecular weight excluding hydrogens is 278 g/mol. The van der Waals surface area contributed by atoms with Crippen LogP contribution in [0.3, 0.4) is 0 Å². The molecule has 0 saturated heterocycles. The molecule has 1 N–H and O–H groups in total. The van der Waals surface area contributed by atoms with Crippen molar-refractivity contribution in [3.63, 3.8) is 0 Å². The van der Waals surface area contributed by atoms with E-state index in [1.807, 2.05) is 6.07 Å². The summed E-state index contributed by atoms with van der Waals surface area (Å²) in [7, 11) is 0. The summed E-state index contributed by atoms with van der Waals surface area (Å²) < 4.78 is 5.53. The van der Waals surface area contributed by atoms with Crippen LogP contribution in [0.25, 0.3) is 0 Å². The van der Waals surface area contributed by atoms with Crippen molar-refractivity contribution in [1.82, 2.24) is 4.90 Å². The third kappa shape index (κ3) is 7.08. The second kappa shape index (κ2) is 9.78. The summed E-state index contributed by atoms with van der Waals surface area (Å²) in [6, 6.07) is 11.0. The number of hydrogen-bond acceptors (Lipinski definition) is 5. The number of ether oxygens (including phenoxy) is 1. The summed E-state index contributed by atoms with van der Waals surface area (Å²) in [6.45, 7) is 6.39. The molecule has 1 aromatic rings. The second-order valence-electron chi connectivity index (χ2n) is 5.66. The van der Waals surface area contributed by atoms with E-state index in [1.165, 1.54) is 0 Å². The Morgan fingerprint density at radius 3 is 2.41 bits per heavy atom. The van der Waals surface area contributed by atoms with Gasteiger partial charge < -0.3 is 9.84 Å². The molecule has 0 fully saturated rings. The predicted octanol–water partition coefficient (Wildman–Crippen LogP) is 2.17. The Morgan fingerprint density at radius 1 is 1.18 bits per heavy atom. The lowest BCUT2D eigenvalue weighted by Gasteiger charge is -2.25. The number of aliphatic hydroxyl groups excluding tert-OH is 1. The lowest BCUT2D eigenvalue weighted by atomic mass is 10.2. The van der Waals surface area contributed by atoms with Crippen LogP contribution in [0.4, 0.5) is 0 Å². The Morgan fingerprint density at radius 2 is 1.86 bits per heavy atom. The van der Waals surface area contributed by atoms with Crippen LogP contribution in [0.1, 0.15) is 25.8 Å². The molecule has 1 rings (SSSR count). The molecule has 0 saturated carbocycles. The van der Waals surface area contributed by atoms with Gasteiger partial charge in [0.1, 0.15) is 18.5 Å². The number of hydrogen-bond donors (Lipinski definition) is 1. The van der Waals surface area contributed by atoms with Crippen LogP contribution in [0, 0.1) is 28.6 Å². The van der Waals surface area contributed by atoms with Gasteiger partial charge >= 0.3 is 0 Å². The minimum atomic E-state index is -0.618. The van der Waals surface area contributed by atoms with Crippen LogP contribution in [0.15, 0.2) is 24.3 Å². The quantitative estimate of drug-likeness (QED) is 0.756. The van der Waals surface area contributed by atoms with Crippen LogP contribution < -0.4 is 4.74 Å². The first-order valence-corrected chi connectivity index (χ1v) is 7.45. The molecule has 1 atom stereocenters. The molecule has 118 valence electrons. The van der Waals surface area contributed by atoms with Gasteiger partial charge in [-0.05, 0) is 30.2 Å². The molecule has 1 aromatic carbocycles. The second-order valence-corrected chi connectivity index (χ2v) is 5.66. The van der Waals surface area contributed by atoms with Crippen molar-refractivity contribution in [3.05, 3.63) is 29.8 Å². The predicted molar refractivity (Wildman–Crippen MR) is 84.2 cm³/mol. The maximum atomic E-state index is 10.1. The first kappa shape index (κ1) is 18.0.